The summed E-state index contributed by atoms with van der Waals surface area (Å²) >= 11 is 0. The molecule has 2 heterocycles. The van der Waals surface area contributed by atoms with E-state index in [4.69, 9.17) is 10.5 Å². The second-order valence-electron chi connectivity index (χ2n) is 6.04. The summed E-state index contributed by atoms with van der Waals surface area (Å²) in [6.07, 6.45) is -0.333. The van der Waals surface area contributed by atoms with Crippen LogP contribution in [0.15, 0.2) is 30.3 Å². The molecule has 5 nitrogen and oxygen atoms in total. The summed E-state index contributed by atoms with van der Waals surface area (Å²) < 4.78 is 19.5. The van der Waals surface area contributed by atoms with Gasteiger partial charge in [0.2, 0.25) is 0 Å². The molecule has 1 aromatic carbocycles. The molecule has 2 N–H and O–H groups in total. The first kappa shape index (κ1) is 16.4. The van der Waals surface area contributed by atoms with Crippen molar-refractivity contribution in [2.45, 2.75) is 20.0 Å². The second-order valence-corrected chi connectivity index (χ2v) is 6.04. The predicted molar refractivity (Wildman–Crippen MR) is 89.1 cm³/mol. The van der Waals surface area contributed by atoms with E-state index in [9.17, 15) is 9.18 Å². The van der Waals surface area contributed by atoms with Crippen LogP contribution in [0.25, 0.3) is 0 Å². The molecule has 1 aromatic heterocycles. The lowest BCUT2D eigenvalue weighted by Gasteiger charge is -2.33. The van der Waals surface area contributed by atoms with Crippen LogP contribution in [-0.2, 0) is 4.74 Å². The SMILES string of the molecule is Cc1cc(N)cc([C@@H]2CN(C(=O)c3ccc(C)c(F)c3)CCO2)n1. The molecule has 0 bridgehead atoms. The normalized spacial score (nSPS) is 17.8. The molecular formula is C18H20FN3O2. The molecule has 24 heavy (non-hydrogen) atoms. The van der Waals surface area contributed by atoms with Crippen molar-refractivity contribution in [3.63, 3.8) is 0 Å². The molecule has 0 spiro atoms. The molecule has 6 heteroatoms. The van der Waals surface area contributed by atoms with Gasteiger partial charge in [-0.25, -0.2) is 4.39 Å². The molecule has 2 aromatic rings. The number of halogens is 1. The molecule has 1 fully saturated rings. The minimum absolute atomic E-state index is 0.206. The molecule has 0 unspecified atom stereocenters. The van der Waals surface area contributed by atoms with E-state index in [0.717, 1.165) is 5.69 Å². The fourth-order valence-electron chi connectivity index (χ4n) is 2.81. The lowest BCUT2D eigenvalue weighted by atomic mass is 10.1. The highest BCUT2D eigenvalue weighted by Crippen LogP contribution is 2.24. The van der Waals surface area contributed by atoms with E-state index < -0.39 is 0 Å². The quantitative estimate of drug-likeness (QED) is 0.920. The topological polar surface area (TPSA) is 68.5 Å². The van der Waals surface area contributed by atoms with E-state index in [1.165, 1.54) is 6.07 Å². The average molecular weight is 329 g/mol. The fourth-order valence-corrected chi connectivity index (χ4v) is 2.81. The van der Waals surface area contributed by atoms with E-state index in [0.29, 0.717) is 42.2 Å². The first-order valence-electron chi connectivity index (χ1n) is 7.85. The predicted octanol–water partition coefficient (Wildman–Crippen LogP) is 2.63. The third-order valence-corrected chi connectivity index (χ3v) is 4.10. The molecule has 126 valence electrons. The highest BCUT2D eigenvalue weighted by atomic mass is 19.1. The van der Waals surface area contributed by atoms with Crippen molar-refractivity contribution in [3.05, 3.63) is 58.7 Å². The maximum absolute atomic E-state index is 13.7. The molecule has 3 rings (SSSR count). The van der Waals surface area contributed by atoms with Gasteiger partial charge in [0.05, 0.1) is 18.8 Å². The minimum atomic E-state index is -0.376. The zero-order valence-electron chi connectivity index (χ0n) is 13.8. The molecule has 1 saturated heterocycles. The summed E-state index contributed by atoms with van der Waals surface area (Å²) in [6.45, 7) is 4.76. The smallest absolute Gasteiger partial charge is 0.254 e. The summed E-state index contributed by atoms with van der Waals surface area (Å²) in [4.78, 5) is 18.7. The Morgan fingerprint density at radius 1 is 1.33 bits per heavy atom. The number of morpholine rings is 1. The van der Waals surface area contributed by atoms with E-state index in [1.54, 1.807) is 36.1 Å². The summed E-state index contributed by atoms with van der Waals surface area (Å²) in [5.74, 6) is -0.582. The highest BCUT2D eigenvalue weighted by Gasteiger charge is 2.27. The van der Waals surface area contributed by atoms with Gasteiger partial charge in [-0.05, 0) is 43.7 Å². The van der Waals surface area contributed by atoms with Gasteiger partial charge in [0, 0.05) is 23.5 Å². The number of pyridine rings is 1. The van der Waals surface area contributed by atoms with E-state index in [-0.39, 0.29) is 17.8 Å². The number of aryl methyl sites for hydroxylation is 2. The monoisotopic (exact) mass is 329 g/mol. The molecule has 1 atom stereocenters. The summed E-state index contributed by atoms with van der Waals surface area (Å²) in [5.41, 5.74) is 8.85. The number of anilines is 1. The first-order valence-corrected chi connectivity index (χ1v) is 7.85. The number of hydrogen-bond acceptors (Lipinski definition) is 4. The van der Waals surface area contributed by atoms with Crippen LogP contribution in [0, 0.1) is 19.7 Å². The molecule has 0 radical (unpaired) electrons. The zero-order chi connectivity index (χ0) is 17.3. The van der Waals surface area contributed by atoms with Crippen molar-refractivity contribution in [3.8, 4) is 0 Å². The molecule has 1 aliphatic rings. The number of benzene rings is 1. The van der Waals surface area contributed by atoms with Crippen LogP contribution in [0.3, 0.4) is 0 Å². The van der Waals surface area contributed by atoms with Gasteiger partial charge in [-0.3, -0.25) is 9.78 Å². The Morgan fingerprint density at radius 2 is 2.12 bits per heavy atom. The molecule has 1 aliphatic heterocycles. The van der Waals surface area contributed by atoms with Gasteiger partial charge in [-0.1, -0.05) is 6.07 Å². The number of carbonyl (C=O) groups excluding carboxylic acids is 1. The van der Waals surface area contributed by atoms with Crippen LogP contribution < -0.4 is 5.73 Å². The Balaban J connectivity index is 1.79. The number of nitrogen functional groups attached to an aromatic ring is 1. The number of rotatable bonds is 2. The molecule has 0 saturated carbocycles. The van der Waals surface area contributed by atoms with E-state index >= 15 is 0 Å². The Hall–Kier alpha value is -2.47. The number of hydrogen-bond donors (Lipinski definition) is 1. The minimum Gasteiger partial charge on any atom is -0.399 e. The van der Waals surface area contributed by atoms with Crippen LogP contribution >= 0.6 is 0 Å². The van der Waals surface area contributed by atoms with Crippen LogP contribution in [0.5, 0.6) is 0 Å². The van der Waals surface area contributed by atoms with Gasteiger partial charge >= 0.3 is 0 Å². The van der Waals surface area contributed by atoms with Crippen molar-refractivity contribution in [2.24, 2.45) is 0 Å². The Bertz CT molecular complexity index is 759. The lowest BCUT2D eigenvalue weighted by Crippen LogP contribution is -2.42. The number of aromatic nitrogens is 1. The Morgan fingerprint density at radius 3 is 2.83 bits per heavy atom. The van der Waals surface area contributed by atoms with Crippen LogP contribution in [0.4, 0.5) is 10.1 Å². The van der Waals surface area contributed by atoms with Crippen LogP contribution in [0.1, 0.15) is 33.4 Å². The van der Waals surface area contributed by atoms with Crippen molar-refractivity contribution >= 4 is 11.6 Å². The third kappa shape index (κ3) is 3.38. The lowest BCUT2D eigenvalue weighted by molar-refractivity contribution is -0.0247. The first-order chi connectivity index (χ1) is 11.4. The van der Waals surface area contributed by atoms with Crippen molar-refractivity contribution in [1.29, 1.82) is 0 Å². The van der Waals surface area contributed by atoms with Crippen molar-refractivity contribution in [2.75, 3.05) is 25.4 Å². The zero-order valence-corrected chi connectivity index (χ0v) is 13.8. The summed E-state index contributed by atoms with van der Waals surface area (Å²) in [6, 6.07) is 8.09. The number of carbonyl (C=O) groups is 1. The number of amides is 1. The Labute approximate surface area is 140 Å². The summed E-state index contributed by atoms with van der Waals surface area (Å²) in [7, 11) is 0. The van der Waals surface area contributed by atoms with Gasteiger partial charge in [-0.15, -0.1) is 0 Å². The van der Waals surface area contributed by atoms with Crippen LogP contribution in [0.2, 0.25) is 0 Å². The number of ether oxygens (including phenoxy) is 1. The largest absolute Gasteiger partial charge is 0.399 e. The summed E-state index contributed by atoms with van der Waals surface area (Å²) in [5, 5.41) is 0. The fraction of sp³-hybridized carbons (Fsp3) is 0.333. The Kier molecular flexibility index (Phi) is 4.49. The van der Waals surface area contributed by atoms with Crippen molar-refractivity contribution < 1.29 is 13.9 Å². The standard InChI is InChI=1S/C18H20FN3O2/c1-11-3-4-13(8-15(11)19)18(23)22-5-6-24-17(10-22)16-9-14(20)7-12(2)21-16/h3-4,7-9,17H,5-6,10H2,1-2H3,(H2,20,21)/t17-/m0/s1. The number of nitrogens with zero attached hydrogens (tertiary/aromatic N) is 2. The van der Waals surface area contributed by atoms with Gasteiger partial charge in [-0.2, -0.15) is 0 Å². The molecule has 0 aliphatic carbocycles. The maximum atomic E-state index is 13.7. The highest BCUT2D eigenvalue weighted by molar-refractivity contribution is 5.94. The van der Waals surface area contributed by atoms with Gasteiger partial charge < -0.3 is 15.4 Å². The second kappa shape index (κ2) is 6.57. The average Bonchev–Trinajstić information content (AvgIpc) is 2.56. The maximum Gasteiger partial charge on any atom is 0.254 e. The van der Waals surface area contributed by atoms with E-state index in [2.05, 4.69) is 4.98 Å². The van der Waals surface area contributed by atoms with Crippen LogP contribution in [-0.4, -0.2) is 35.5 Å². The van der Waals surface area contributed by atoms with Crippen molar-refractivity contribution in [1.82, 2.24) is 9.88 Å². The van der Waals surface area contributed by atoms with Gasteiger partial charge in [0.15, 0.2) is 0 Å². The molecule has 1 amide bonds. The number of nitrogens with two attached hydrogens (primary N) is 1. The van der Waals surface area contributed by atoms with Gasteiger partial charge in [0.1, 0.15) is 11.9 Å². The van der Waals surface area contributed by atoms with Gasteiger partial charge in [0.25, 0.3) is 5.91 Å². The third-order valence-electron chi connectivity index (χ3n) is 4.10. The van der Waals surface area contributed by atoms with E-state index in [1.807, 2.05) is 6.92 Å². The molecular weight excluding hydrogens is 309 g/mol.